The number of amides is 1. The molecular formula is C22H16BrClN2O4. The van der Waals surface area contributed by atoms with Crippen molar-refractivity contribution in [3.8, 4) is 11.5 Å². The third-order valence-corrected chi connectivity index (χ3v) is 4.69. The highest BCUT2D eigenvalue weighted by Gasteiger charge is 2.12. The maximum absolute atomic E-state index is 12.4. The van der Waals surface area contributed by atoms with Crippen molar-refractivity contribution in [2.24, 2.45) is 5.10 Å². The van der Waals surface area contributed by atoms with Gasteiger partial charge in [0.2, 0.25) is 0 Å². The lowest BCUT2D eigenvalue weighted by Gasteiger charge is -2.08. The van der Waals surface area contributed by atoms with Crippen LogP contribution in [0.1, 0.15) is 26.3 Å². The van der Waals surface area contributed by atoms with Gasteiger partial charge < -0.3 is 9.47 Å². The summed E-state index contributed by atoms with van der Waals surface area (Å²) in [5.41, 5.74) is 3.67. The molecule has 0 atom stereocenters. The zero-order chi connectivity index (χ0) is 21.5. The number of nitrogens with one attached hydrogen (secondary N) is 1. The van der Waals surface area contributed by atoms with Gasteiger partial charge in [-0.3, -0.25) is 4.79 Å². The Balaban J connectivity index is 1.73. The Hall–Kier alpha value is -3.16. The van der Waals surface area contributed by atoms with E-state index >= 15 is 0 Å². The number of esters is 1. The van der Waals surface area contributed by atoms with Gasteiger partial charge in [0.15, 0.2) is 0 Å². The molecule has 0 radical (unpaired) electrons. The van der Waals surface area contributed by atoms with Gasteiger partial charge in [-0.05, 0) is 60.7 Å². The van der Waals surface area contributed by atoms with Gasteiger partial charge in [0, 0.05) is 20.6 Å². The molecule has 3 aromatic rings. The van der Waals surface area contributed by atoms with Crippen molar-refractivity contribution in [1.82, 2.24) is 5.43 Å². The molecule has 0 heterocycles. The summed E-state index contributed by atoms with van der Waals surface area (Å²) < 4.78 is 11.3. The minimum absolute atomic E-state index is 0.291. The second-order valence-corrected chi connectivity index (χ2v) is 7.36. The lowest BCUT2D eigenvalue weighted by Crippen LogP contribution is -2.17. The first-order valence-electron chi connectivity index (χ1n) is 8.71. The Morgan fingerprint density at radius 3 is 2.50 bits per heavy atom. The zero-order valence-corrected chi connectivity index (χ0v) is 18.1. The number of hydrazone groups is 1. The average molecular weight is 488 g/mol. The molecule has 1 N–H and O–H groups in total. The minimum atomic E-state index is -0.530. The van der Waals surface area contributed by atoms with Crippen LogP contribution in [-0.2, 0) is 0 Å². The van der Waals surface area contributed by atoms with E-state index < -0.39 is 11.9 Å². The van der Waals surface area contributed by atoms with Crippen LogP contribution in [0.4, 0.5) is 0 Å². The Labute approximate surface area is 186 Å². The third-order valence-electron chi connectivity index (χ3n) is 3.96. The van der Waals surface area contributed by atoms with Crippen LogP contribution in [0.2, 0.25) is 5.02 Å². The molecule has 0 saturated heterocycles. The summed E-state index contributed by atoms with van der Waals surface area (Å²) in [5, 5.41) is 4.41. The second-order valence-electron chi connectivity index (χ2n) is 6.01. The summed E-state index contributed by atoms with van der Waals surface area (Å²) in [5.74, 6) is -0.0173. The molecule has 0 aliphatic heterocycles. The molecule has 8 heteroatoms. The fourth-order valence-electron chi connectivity index (χ4n) is 2.45. The summed E-state index contributed by atoms with van der Waals surface area (Å²) >= 11 is 9.26. The predicted octanol–water partition coefficient (Wildman–Crippen LogP) is 5.09. The fourth-order valence-corrected chi connectivity index (χ4v) is 3.02. The lowest BCUT2D eigenvalue weighted by molar-refractivity contribution is 0.0734. The number of carbonyl (C=O) groups excluding carboxylic acids is 2. The number of halogens is 2. The molecule has 3 rings (SSSR count). The summed E-state index contributed by atoms with van der Waals surface area (Å²) in [6.07, 6.45) is 1.39. The number of hydrogen-bond acceptors (Lipinski definition) is 5. The second kappa shape index (κ2) is 10.0. The van der Waals surface area contributed by atoms with Crippen LogP contribution < -0.4 is 14.9 Å². The molecule has 0 aliphatic carbocycles. The van der Waals surface area contributed by atoms with Gasteiger partial charge in [-0.25, -0.2) is 10.2 Å². The summed E-state index contributed by atoms with van der Waals surface area (Å²) in [6, 6.07) is 18.1. The van der Waals surface area contributed by atoms with Crippen molar-refractivity contribution >= 4 is 45.6 Å². The summed E-state index contributed by atoms with van der Waals surface area (Å²) in [6.45, 7) is 0. The number of rotatable bonds is 6. The molecule has 0 unspecified atom stereocenters. The van der Waals surface area contributed by atoms with Gasteiger partial charge in [0.25, 0.3) is 5.91 Å². The topological polar surface area (TPSA) is 77.0 Å². The molecule has 0 bridgehead atoms. The maximum atomic E-state index is 12.4. The minimum Gasteiger partial charge on any atom is -0.497 e. The van der Waals surface area contributed by atoms with Gasteiger partial charge in [0.1, 0.15) is 11.5 Å². The van der Waals surface area contributed by atoms with Crippen molar-refractivity contribution in [3.05, 3.63) is 92.9 Å². The van der Waals surface area contributed by atoms with Crippen LogP contribution in [0.25, 0.3) is 0 Å². The van der Waals surface area contributed by atoms with Gasteiger partial charge in [-0.2, -0.15) is 5.10 Å². The Bertz CT molecular complexity index is 1100. The third kappa shape index (κ3) is 5.68. The van der Waals surface area contributed by atoms with E-state index in [4.69, 9.17) is 21.1 Å². The van der Waals surface area contributed by atoms with Crippen LogP contribution in [0, 0.1) is 0 Å². The molecule has 1 amide bonds. The highest BCUT2D eigenvalue weighted by Crippen LogP contribution is 2.23. The molecule has 152 valence electrons. The first kappa shape index (κ1) is 21.5. The molecule has 0 aliphatic rings. The largest absolute Gasteiger partial charge is 0.497 e. The summed E-state index contributed by atoms with van der Waals surface area (Å²) in [4.78, 5) is 24.6. The molecule has 0 aromatic heterocycles. The maximum Gasteiger partial charge on any atom is 0.343 e. The number of ether oxygens (including phenoxy) is 2. The van der Waals surface area contributed by atoms with Gasteiger partial charge in [-0.15, -0.1) is 0 Å². The van der Waals surface area contributed by atoms with E-state index in [1.807, 2.05) is 0 Å². The van der Waals surface area contributed by atoms with Crippen molar-refractivity contribution in [3.63, 3.8) is 0 Å². The van der Waals surface area contributed by atoms with E-state index in [9.17, 15) is 9.59 Å². The molecule has 0 saturated carbocycles. The van der Waals surface area contributed by atoms with Gasteiger partial charge >= 0.3 is 5.97 Å². The first-order valence-corrected chi connectivity index (χ1v) is 9.88. The highest BCUT2D eigenvalue weighted by atomic mass is 79.9. The number of benzene rings is 3. The van der Waals surface area contributed by atoms with Crippen LogP contribution in [-0.4, -0.2) is 25.2 Å². The SMILES string of the molecule is COc1ccc(C(=O)Oc2ccc(Br)cc2C=NNC(=O)c2cccc(Cl)c2)cc1. The van der Waals surface area contributed by atoms with Crippen molar-refractivity contribution in [2.45, 2.75) is 0 Å². The Kier molecular flexibility index (Phi) is 7.21. The van der Waals surface area contributed by atoms with Gasteiger partial charge in [-0.1, -0.05) is 33.6 Å². The molecule has 0 spiro atoms. The smallest absolute Gasteiger partial charge is 0.343 e. The van der Waals surface area contributed by atoms with E-state index in [0.29, 0.717) is 33.2 Å². The molecule has 0 fully saturated rings. The predicted molar refractivity (Wildman–Crippen MR) is 119 cm³/mol. The molecule has 6 nitrogen and oxygen atoms in total. The Morgan fingerprint density at radius 2 is 1.80 bits per heavy atom. The van der Waals surface area contributed by atoms with Crippen LogP contribution >= 0.6 is 27.5 Å². The zero-order valence-electron chi connectivity index (χ0n) is 15.8. The van der Waals surface area contributed by atoms with Crippen molar-refractivity contribution < 1.29 is 19.1 Å². The van der Waals surface area contributed by atoms with Crippen LogP contribution in [0.15, 0.2) is 76.3 Å². The van der Waals surface area contributed by atoms with E-state index in [1.165, 1.54) is 12.3 Å². The number of nitrogens with zero attached hydrogens (tertiary/aromatic N) is 1. The van der Waals surface area contributed by atoms with Crippen LogP contribution in [0.3, 0.4) is 0 Å². The summed E-state index contributed by atoms with van der Waals surface area (Å²) in [7, 11) is 1.55. The van der Waals surface area contributed by atoms with Gasteiger partial charge in [0.05, 0.1) is 18.9 Å². The highest BCUT2D eigenvalue weighted by molar-refractivity contribution is 9.10. The van der Waals surface area contributed by atoms with E-state index in [2.05, 4.69) is 26.5 Å². The number of carbonyl (C=O) groups is 2. The van der Waals surface area contributed by atoms with Crippen molar-refractivity contribution in [2.75, 3.05) is 7.11 Å². The monoisotopic (exact) mass is 486 g/mol. The number of hydrogen-bond donors (Lipinski definition) is 1. The quantitative estimate of drug-likeness (QED) is 0.227. The van der Waals surface area contributed by atoms with E-state index in [0.717, 1.165) is 4.47 Å². The average Bonchev–Trinajstić information content (AvgIpc) is 2.75. The van der Waals surface area contributed by atoms with E-state index in [-0.39, 0.29) is 0 Å². The molecule has 3 aromatic carbocycles. The lowest BCUT2D eigenvalue weighted by atomic mass is 10.2. The fraction of sp³-hybridized carbons (Fsp3) is 0.0455. The molecule has 30 heavy (non-hydrogen) atoms. The van der Waals surface area contributed by atoms with Crippen LogP contribution in [0.5, 0.6) is 11.5 Å². The normalized spacial score (nSPS) is 10.6. The van der Waals surface area contributed by atoms with E-state index in [1.54, 1.807) is 67.8 Å². The van der Waals surface area contributed by atoms with Crippen molar-refractivity contribution in [1.29, 1.82) is 0 Å². The standard InChI is InChI=1S/C22H16BrClN2O4/c1-29-19-8-5-14(6-9-19)22(28)30-20-10-7-17(23)11-16(20)13-25-26-21(27)15-3-2-4-18(24)12-15/h2-13H,1H3,(H,26,27). The Morgan fingerprint density at radius 1 is 1.03 bits per heavy atom. The first-order chi connectivity index (χ1) is 14.5. The molecular weight excluding hydrogens is 472 g/mol. The number of methoxy groups -OCH3 is 1.